The molecule has 0 aliphatic carbocycles. The predicted octanol–water partition coefficient (Wildman–Crippen LogP) is 1.50. The third-order valence-corrected chi connectivity index (χ3v) is 3.39. The van der Waals surface area contributed by atoms with Crippen LogP contribution in [0.25, 0.3) is 0 Å². The van der Waals surface area contributed by atoms with Gasteiger partial charge in [-0.05, 0) is 13.8 Å². The molecule has 8 nitrogen and oxygen atoms in total. The van der Waals surface area contributed by atoms with Crippen LogP contribution < -0.4 is 10.6 Å². The molecule has 0 bridgehead atoms. The van der Waals surface area contributed by atoms with Crippen molar-refractivity contribution in [3.05, 3.63) is 27.5 Å². The van der Waals surface area contributed by atoms with Gasteiger partial charge in [-0.15, -0.1) is 11.3 Å². The van der Waals surface area contributed by atoms with Gasteiger partial charge < -0.3 is 15.7 Å². The molecular weight excluding hydrogens is 282 g/mol. The minimum Gasteiger partial charge on any atom is -0.476 e. The van der Waals surface area contributed by atoms with Crippen LogP contribution in [-0.2, 0) is 6.54 Å². The number of amides is 2. The monoisotopic (exact) mass is 295 g/mol. The average molecular weight is 295 g/mol. The number of hydrogen-bond acceptors (Lipinski definition) is 5. The Labute approximate surface area is 118 Å². The highest BCUT2D eigenvalue weighted by Crippen LogP contribution is 2.15. The number of thiazole rings is 1. The first-order valence-corrected chi connectivity index (χ1v) is 6.59. The standard InChI is InChI=1S/C11H13N5O3S/c1-5-9(6(2)16-15-5)14-11(19)12-3-8-13-7(4-20-8)10(17)18/h4H,3H2,1-2H3,(H,15,16)(H,17,18)(H2,12,14,19). The molecule has 20 heavy (non-hydrogen) atoms. The number of carbonyl (C=O) groups excluding carboxylic acids is 1. The minimum atomic E-state index is -1.08. The Balaban J connectivity index is 1.90. The molecule has 0 unspecified atom stereocenters. The van der Waals surface area contributed by atoms with Gasteiger partial charge in [0, 0.05) is 5.38 Å². The number of aryl methyl sites for hydroxylation is 2. The lowest BCUT2D eigenvalue weighted by atomic mass is 10.3. The van der Waals surface area contributed by atoms with E-state index in [-0.39, 0.29) is 12.2 Å². The summed E-state index contributed by atoms with van der Waals surface area (Å²) in [5.41, 5.74) is 2.07. The number of urea groups is 1. The molecule has 0 aliphatic heterocycles. The summed E-state index contributed by atoms with van der Waals surface area (Å²) in [6, 6.07) is -0.398. The number of nitrogens with zero attached hydrogens (tertiary/aromatic N) is 2. The number of hydrogen-bond donors (Lipinski definition) is 4. The Morgan fingerprint density at radius 2 is 2.20 bits per heavy atom. The normalized spacial score (nSPS) is 10.3. The molecule has 4 N–H and O–H groups in total. The molecular formula is C11H13N5O3S. The van der Waals surface area contributed by atoms with Crippen LogP contribution in [0.5, 0.6) is 0 Å². The van der Waals surface area contributed by atoms with Crippen LogP contribution in [-0.4, -0.2) is 32.3 Å². The van der Waals surface area contributed by atoms with E-state index in [1.54, 1.807) is 13.8 Å². The van der Waals surface area contributed by atoms with Crippen LogP contribution in [0, 0.1) is 13.8 Å². The van der Waals surface area contributed by atoms with Gasteiger partial charge in [-0.1, -0.05) is 0 Å². The van der Waals surface area contributed by atoms with Crippen LogP contribution in [0.4, 0.5) is 10.5 Å². The first kappa shape index (κ1) is 14.0. The zero-order chi connectivity index (χ0) is 14.7. The molecule has 2 aromatic heterocycles. The van der Waals surface area contributed by atoms with Gasteiger partial charge in [-0.25, -0.2) is 14.6 Å². The van der Waals surface area contributed by atoms with Crippen LogP contribution in [0.15, 0.2) is 5.38 Å². The smallest absolute Gasteiger partial charge is 0.355 e. The predicted molar refractivity (Wildman–Crippen MR) is 73.0 cm³/mol. The fourth-order valence-corrected chi connectivity index (χ4v) is 2.25. The molecule has 0 radical (unpaired) electrons. The van der Waals surface area contributed by atoms with E-state index in [4.69, 9.17) is 5.11 Å². The highest BCUT2D eigenvalue weighted by Gasteiger charge is 2.12. The number of carbonyl (C=O) groups is 2. The molecule has 2 aromatic rings. The van der Waals surface area contributed by atoms with Gasteiger partial charge in [0.25, 0.3) is 0 Å². The van der Waals surface area contributed by atoms with Gasteiger partial charge in [-0.2, -0.15) is 5.10 Å². The highest BCUT2D eigenvalue weighted by molar-refractivity contribution is 7.09. The summed E-state index contributed by atoms with van der Waals surface area (Å²) < 4.78 is 0. The zero-order valence-corrected chi connectivity index (χ0v) is 11.7. The van der Waals surface area contributed by atoms with E-state index in [2.05, 4.69) is 25.8 Å². The van der Waals surface area contributed by atoms with E-state index in [9.17, 15) is 9.59 Å². The maximum Gasteiger partial charge on any atom is 0.355 e. The summed E-state index contributed by atoms with van der Waals surface area (Å²) in [6.07, 6.45) is 0. The molecule has 0 spiro atoms. The van der Waals surface area contributed by atoms with Gasteiger partial charge in [0.1, 0.15) is 5.01 Å². The van der Waals surface area contributed by atoms with Crippen molar-refractivity contribution >= 4 is 29.0 Å². The van der Waals surface area contributed by atoms with Crippen molar-refractivity contribution in [3.63, 3.8) is 0 Å². The number of carboxylic acid groups (broad SMARTS) is 1. The number of H-pyrrole nitrogens is 1. The van der Waals surface area contributed by atoms with Crippen molar-refractivity contribution in [2.24, 2.45) is 0 Å². The van der Waals surface area contributed by atoms with Gasteiger partial charge >= 0.3 is 12.0 Å². The first-order valence-electron chi connectivity index (χ1n) is 5.71. The van der Waals surface area contributed by atoms with Crippen molar-refractivity contribution < 1.29 is 14.7 Å². The highest BCUT2D eigenvalue weighted by atomic mass is 32.1. The second kappa shape index (κ2) is 5.70. The fourth-order valence-electron chi connectivity index (χ4n) is 1.54. The van der Waals surface area contributed by atoms with Crippen LogP contribution in [0.1, 0.15) is 26.9 Å². The molecule has 0 aliphatic rings. The Bertz CT molecular complexity index is 629. The van der Waals surface area contributed by atoms with Crippen molar-refractivity contribution in [3.8, 4) is 0 Å². The zero-order valence-electron chi connectivity index (χ0n) is 10.9. The molecule has 0 atom stereocenters. The number of carboxylic acids is 1. The molecule has 0 aromatic carbocycles. The number of nitrogens with one attached hydrogen (secondary N) is 3. The van der Waals surface area contributed by atoms with Crippen molar-refractivity contribution in [2.45, 2.75) is 20.4 Å². The SMILES string of the molecule is Cc1n[nH]c(C)c1NC(=O)NCc1nc(C(=O)O)cs1. The molecule has 2 amide bonds. The maximum absolute atomic E-state index is 11.7. The number of anilines is 1. The fraction of sp³-hybridized carbons (Fsp3) is 0.273. The van der Waals surface area contributed by atoms with E-state index in [1.165, 1.54) is 16.7 Å². The lowest BCUT2D eigenvalue weighted by Gasteiger charge is -2.06. The van der Waals surface area contributed by atoms with Crippen LogP contribution >= 0.6 is 11.3 Å². The summed E-state index contributed by atoms with van der Waals surface area (Å²) in [4.78, 5) is 26.3. The lowest BCUT2D eigenvalue weighted by Crippen LogP contribution is -2.28. The second-order valence-electron chi connectivity index (χ2n) is 4.05. The van der Waals surface area contributed by atoms with Crippen molar-refractivity contribution in [1.82, 2.24) is 20.5 Å². The molecule has 0 saturated heterocycles. The lowest BCUT2D eigenvalue weighted by molar-refractivity contribution is 0.0691. The van der Waals surface area contributed by atoms with E-state index in [0.29, 0.717) is 16.4 Å². The van der Waals surface area contributed by atoms with Gasteiger partial charge in [0.2, 0.25) is 0 Å². The van der Waals surface area contributed by atoms with E-state index < -0.39 is 12.0 Å². The molecule has 2 rings (SSSR count). The Morgan fingerprint density at radius 3 is 2.75 bits per heavy atom. The largest absolute Gasteiger partial charge is 0.476 e. The third-order valence-electron chi connectivity index (χ3n) is 2.54. The molecule has 0 saturated carbocycles. The molecule has 2 heterocycles. The minimum absolute atomic E-state index is 0.0197. The summed E-state index contributed by atoms with van der Waals surface area (Å²) >= 11 is 1.18. The third kappa shape index (κ3) is 3.12. The number of aromatic carboxylic acids is 1. The topological polar surface area (TPSA) is 120 Å². The van der Waals surface area contributed by atoms with E-state index >= 15 is 0 Å². The van der Waals surface area contributed by atoms with E-state index in [0.717, 1.165) is 5.69 Å². The molecule has 106 valence electrons. The average Bonchev–Trinajstić information content (AvgIpc) is 2.98. The summed E-state index contributed by atoms with van der Waals surface area (Å²) in [5, 5.41) is 22.7. The molecule has 0 fully saturated rings. The van der Waals surface area contributed by atoms with Crippen molar-refractivity contribution in [2.75, 3.05) is 5.32 Å². The Morgan fingerprint density at radius 1 is 1.45 bits per heavy atom. The van der Waals surface area contributed by atoms with Crippen molar-refractivity contribution in [1.29, 1.82) is 0 Å². The quantitative estimate of drug-likeness (QED) is 0.681. The number of aromatic nitrogens is 3. The van der Waals surface area contributed by atoms with Gasteiger partial charge in [0.15, 0.2) is 5.69 Å². The maximum atomic E-state index is 11.7. The van der Waals surface area contributed by atoms with Crippen LogP contribution in [0.3, 0.4) is 0 Å². The summed E-state index contributed by atoms with van der Waals surface area (Å²) in [7, 11) is 0. The number of rotatable bonds is 4. The second-order valence-corrected chi connectivity index (χ2v) is 4.99. The molecule has 9 heteroatoms. The van der Waals surface area contributed by atoms with E-state index in [1.807, 2.05) is 0 Å². The summed E-state index contributed by atoms with van der Waals surface area (Å²) in [5.74, 6) is -1.08. The Hall–Kier alpha value is -2.42. The number of aromatic amines is 1. The Kier molecular flexibility index (Phi) is 3.99. The summed E-state index contributed by atoms with van der Waals surface area (Å²) in [6.45, 7) is 3.74. The first-order chi connectivity index (χ1) is 9.47. The van der Waals surface area contributed by atoms with Gasteiger partial charge in [0.05, 0.1) is 23.6 Å². The van der Waals surface area contributed by atoms with Gasteiger partial charge in [-0.3, -0.25) is 5.10 Å². The van der Waals surface area contributed by atoms with Crippen LogP contribution in [0.2, 0.25) is 0 Å².